The number of ether oxygens (including phenoxy) is 3. The second-order valence-electron chi connectivity index (χ2n) is 7.01. The Labute approximate surface area is 191 Å². The predicted octanol–water partition coefficient (Wildman–Crippen LogP) is 4.65. The van der Waals surface area contributed by atoms with Crippen LogP contribution in [0.2, 0.25) is 0 Å². The Bertz CT molecular complexity index is 1170. The molecule has 0 aromatic heterocycles. The number of benzene rings is 3. The normalized spacial score (nSPS) is 10.8. The minimum Gasteiger partial charge on any atom is -0.497 e. The first-order valence-electron chi connectivity index (χ1n) is 10.1. The number of hydrogen-bond acceptors (Lipinski definition) is 5. The van der Waals surface area contributed by atoms with Crippen LogP contribution < -0.4 is 19.5 Å². The third-order valence-corrected chi connectivity index (χ3v) is 4.81. The molecular formula is C26H23FN2O4. The summed E-state index contributed by atoms with van der Waals surface area (Å²) in [6, 6.07) is 20.3. The van der Waals surface area contributed by atoms with Crippen molar-refractivity contribution in [2.24, 2.45) is 0 Å². The van der Waals surface area contributed by atoms with E-state index in [0.717, 1.165) is 11.1 Å². The molecule has 0 spiro atoms. The van der Waals surface area contributed by atoms with Crippen LogP contribution in [-0.2, 0) is 17.9 Å². The van der Waals surface area contributed by atoms with Gasteiger partial charge in [0.1, 0.15) is 41.3 Å². The summed E-state index contributed by atoms with van der Waals surface area (Å²) in [6.07, 6.45) is 1.50. The first-order valence-corrected chi connectivity index (χ1v) is 10.1. The quantitative estimate of drug-likeness (QED) is 0.382. The van der Waals surface area contributed by atoms with Crippen molar-refractivity contribution in [3.63, 3.8) is 0 Å². The zero-order valence-corrected chi connectivity index (χ0v) is 18.3. The Morgan fingerprint density at radius 1 is 1.00 bits per heavy atom. The van der Waals surface area contributed by atoms with Crippen LogP contribution in [0.1, 0.15) is 16.7 Å². The number of halogens is 1. The van der Waals surface area contributed by atoms with Crippen molar-refractivity contribution in [1.29, 1.82) is 5.26 Å². The molecule has 0 saturated heterocycles. The van der Waals surface area contributed by atoms with Crippen molar-refractivity contribution < 1.29 is 23.4 Å². The number of rotatable bonds is 9. The van der Waals surface area contributed by atoms with Crippen LogP contribution in [0, 0.1) is 17.1 Å². The second-order valence-corrected chi connectivity index (χ2v) is 7.01. The molecule has 0 aliphatic rings. The van der Waals surface area contributed by atoms with E-state index in [4.69, 9.17) is 14.2 Å². The molecule has 33 heavy (non-hydrogen) atoms. The highest BCUT2D eigenvalue weighted by molar-refractivity contribution is 6.01. The maximum Gasteiger partial charge on any atom is 0.262 e. The number of nitriles is 1. The predicted molar refractivity (Wildman–Crippen MR) is 122 cm³/mol. The van der Waals surface area contributed by atoms with Gasteiger partial charge < -0.3 is 19.5 Å². The largest absolute Gasteiger partial charge is 0.497 e. The van der Waals surface area contributed by atoms with Crippen molar-refractivity contribution in [3.8, 4) is 23.3 Å². The first kappa shape index (κ1) is 23.4. The molecule has 0 radical (unpaired) electrons. The van der Waals surface area contributed by atoms with E-state index in [1.54, 1.807) is 61.7 Å². The zero-order valence-electron chi connectivity index (χ0n) is 18.3. The molecule has 3 rings (SSSR count). The molecule has 3 aromatic carbocycles. The number of hydrogen-bond donors (Lipinski definition) is 1. The summed E-state index contributed by atoms with van der Waals surface area (Å²) in [7, 11) is 3.10. The fraction of sp³-hybridized carbons (Fsp3) is 0.154. The van der Waals surface area contributed by atoms with Gasteiger partial charge >= 0.3 is 0 Å². The lowest BCUT2D eigenvalue weighted by Crippen LogP contribution is -2.24. The van der Waals surface area contributed by atoms with Crippen LogP contribution in [0.4, 0.5) is 4.39 Å². The van der Waals surface area contributed by atoms with E-state index < -0.39 is 5.91 Å². The summed E-state index contributed by atoms with van der Waals surface area (Å²) >= 11 is 0. The number of carbonyl (C=O) groups excluding carboxylic acids is 1. The van der Waals surface area contributed by atoms with E-state index in [0.29, 0.717) is 29.4 Å². The third-order valence-electron chi connectivity index (χ3n) is 4.81. The van der Waals surface area contributed by atoms with Crippen LogP contribution in [-0.4, -0.2) is 20.1 Å². The van der Waals surface area contributed by atoms with Gasteiger partial charge in [-0.1, -0.05) is 24.3 Å². The van der Waals surface area contributed by atoms with Gasteiger partial charge in [-0.05, 0) is 53.6 Å². The van der Waals surface area contributed by atoms with E-state index in [2.05, 4.69) is 5.32 Å². The Balaban J connectivity index is 1.60. The Hall–Kier alpha value is -4.31. The summed E-state index contributed by atoms with van der Waals surface area (Å²) in [6.45, 7) is 0.497. The molecule has 0 bridgehead atoms. The van der Waals surface area contributed by atoms with Gasteiger partial charge in [0.05, 0.1) is 14.2 Å². The van der Waals surface area contributed by atoms with Gasteiger partial charge in [0.25, 0.3) is 5.91 Å². The Morgan fingerprint density at radius 3 is 2.33 bits per heavy atom. The molecule has 0 aliphatic heterocycles. The Kier molecular flexibility index (Phi) is 8.03. The van der Waals surface area contributed by atoms with Crippen LogP contribution in [0.3, 0.4) is 0 Å². The molecular weight excluding hydrogens is 423 g/mol. The van der Waals surface area contributed by atoms with Gasteiger partial charge in [-0.3, -0.25) is 4.79 Å². The van der Waals surface area contributed by atoms with E-state index in [-0.39, 0.29) is 17.9 Å². The maximum absolute atomic E-state index is 13.0. The number of nitrogens with one attached hydrogen (secondary N) is 1. The lowest BCUT2D eigenvalue weighted by Gasteiger charge is -2.11. The molecule has 0 heterocycles. The van der Waals surface area contributed by atoms with Crippen molar-refractivity contribution in [2.45, 2.75) is 13.2 Å². The highest BCUT2D eigenvalue weighted by Gasteiger charge is 2.11. The molecule has 1 N–H and O–H groups in total. The molecule has 0 saturated carbocycles. The molecule has 0 unspecified atom stereocenters. The molecule has 168 valence electrons. The van der Waals surface area contributed by atoms with Crippen LogP contribution in [0.25, 0.3) is 6.08 Å². The molecule has 0 aliphatic carbocycles. The van der Waals surface area contributed by atoms with Gasteiger partial charge in [0, 0.05) is 18.2 Å². The van der Waals surface area contributed by atoms with E-state index in [1.165, 1.54) is 25.3 Å². The Morgan fingerprint density at radius 2 is 1.70 bits per heavy atom. The minimum absolute atomic E-state index is 0.0255. The lowest BCUT2D eigenvalue weighted by molar-refractivity contribution is -0.117. The molecule has 7 heteroatoms. The topological polar surface area (TPSA) is 80.6 Å². The first-order chi connectivity index (χ1) is 16.0. The summed E-state index contributed by atoms with van der Waals surface area (Å²) in [5, 5.41) is 12.2. The zero-order chi connectivity index (χ0) is 23.6. The number of nitrogens with zero attached hydrogens (tertiary/aromatic N) is 1. The molecule has 6 nitrogen and oxygen atoms in total. The molecule has 1 amide bonds. The molecule has 0 fully saturated rings. The average Bonchev–Trinajstić information content (AvgIpc) is 2.86. The lowest BCUT2D eigenvalue weighted by atomic mass is 10.1. The van der Waals surface area contributed by atoms with E-state index in [1.807, 2.05) is 6.07 Å². The fourth-order valence-corrected chi connectivity index (χ4v) is 2.99. The van der Waals surface area contributed by atoms with E-state index >= 15 is 0 Å². The van der Waals surface area contributed by atoms with Crippen LogP contribution >= 0.6 is 0 Å². The number of methoxy groups -OCH3 is 2. The highest BCUT2D eigenvalue weighted by atomic mass is 19.1. The fourth-order valence-electron chi connectivity index (χ4n) is 2.99. The van der Waals surface area contributed by atoms with Crippen molar-refractivity contribution in [3.05, 3.63) is 94.8 Å². The summed E-state index contributed by atoms with van der Waals surface area (Å²) < 4.78 is 29.2. The van der Waals surface area contributed by atoms with Crippen LogP contribution in [0.5, 0.6) is 17.2 Å². The van der Waals surface area contributed by atoms with Gasteiger partial charge in [0.2, 0.25) is 0 Å². The highest BCUT2D eigenvalue weighted by Crippen LogP contribution is 2.24. The van der Waals surface area contributed by atoms with Crippen molar-refractivity contribution >= 4 is 12.0 Å². The second kappa shape index (κ2) is 11.3. The monoisotopic (exact) mass is 446 g/mol. The molecule has 3 aromatic rings. The summed E-state index contributed by atoms with van der Waals surface area (Å²) in [4.78, 5) is 12.5. The van der Waals surface area contributed by atoms with Crippen molar-refractivity contribution in [1.82, 2.24) is 5.32 Å². The number of amides is 1. The van der Waals surface area contributed by atoms with Gasteiger partial charge in [-0.15, -0.1) is 0 Å². The van der Waals surface area contributed by atoms with Crippen LogP contribution in [0.15, 0.2) is 72.3 Å². The summed E-state index contributed by atoms with van der Waals surface area (Å²) in [5.74, 6) is 1.05. The SMILES string of the molecule is COc1ccc(CNC(=O)/C(C#N)=C/c2ccc(OCc3ccc(F)cc3)cc2)c(OC)c1. The maximum atomic E-state index is 13.0. The van der Waals surface area contributed by atoms with Crippen molar-refractivity contribution in [2.75, 3.05) is 14.2 Å². The number of carbonyl (C=O) groups is 1. The smallest absolute Gasteiger partial charge is 0.262 e. The van der Waals surface area contributed by atoms with Gasteiger partial charge in [-0.2, -0.15) is 5.26 Å². The standard InChI is InChI=1S/C26H23FN2O4/c1-31-24-12-7-20(25(14-24)32-2)16-29-26(30)21(15-28)13-18-5-10-23(11-6-18)33-17-19-3-8-22(27)9-4-19/h3-14H,16-17H2,1-2H3,(H,29,30)/b21-13+. The minimum atomic E-state index is -0.494. The average molecular weight is 446 g/mol. The third kappa shape index (κ3) is 6.58. The van der Waals surface area contributed by atoms with Gasteiger partial charge in [-0.25, -0.2) is 4.39 Å². The summed E-state index contributed by atoms with van der Waals surface area (Å²) in [5.41, 5.74) is 2.25. The molecule has 0 atom stereocenters. The van der Waals surface area contributed by atoms with Gasteiger partial charge in [0.15, 0.2) is 0 Å². The van der Waals surface area contributed by atoms with E-state index in [9.17, 15) is 14.4 Å².